The van der Waals surface area contributed by atoms with Gasteiger partial charge in [0.1, 0.15) is 0 Å². The second-order valence-corrected chi connectivity index (χ2v) is 8.72. The number of sulfone groups is 1. The number of rotatable bonds is 1. The highest BCUT2D eigenvalue weighted by Gasteiger charge is 2.39. The zero-order valence-corrected chi connectivity index (χ0v) is 11.6. The van der Waals surface area contributed by atoms with E-state index < -0.39 is 25.1 Å². The Bertz CT molecular complexity index is 370. The fourth-order valence-corrected chi connectivity index (χ4v) is 4.09. The largest absolute Gasteiger partial charge is 0.355 e. The molecule has 0 aromatic rings. The summed E-state index contributed by atoms with van der Waals surface area (Å²) in [6.07, 6.45) is 0.775. The van der Waals surface area contributed by atoms with Crippen LogP contribution in [0.25, 0.3) is 0 Å². The van der Waals surface area contributed by atoms with Crippen LogP contribution in [-0.2, 0) is 14.6 Å². The molecular weight excluding hydrogens is 246 g/mol. The summed E-state index contributed by atoms with van der Waals surface area (Å²) < 4.78 is 23.7. The Morgan fingerprint density at radius 1 is 1.38 bits per heavy atom. The molecule has 0 aromatic carbocycles. The van der Waals surface area contributed by atoms with Gasteiger partial charge in [0, 0.05) is 6.54 Å². The second-order valence-electron chi connectivity index (χ2n) is 5.11. The van der Waals surface area contributed by atoms with Crippen LogP contribution >= 0.6 is 12.6 Å². The number of thiol groups is 1. The van der Waals surface area contributed by atoms with Crippen LogP contribution in [0.5, 0.6) is 0 Å². The fourth-order valence-electron chi connectivity index (χ4n) is 1.73. The van der Waals surface area contributed by atoms with Crippen LogP contribution in [0.4, 0.5) is 0 Å². The van der Waals surface area contributed by atoms with Crippen molar-refractivity contribution in [2.45, 2.75) is 48.9 Å². The van der Waals surface area contributed by atoms with Gasteiger partial charge in [-0.25, -0.2) is 8.42 Å². The smallest absolute Gasteiger partial charge is 0.232 e. The van der Waals surface area contributed by atoms with E-state index in [1.807, 2.05) is 0 Å². The van der Waals surface area contributed by atoms with E-state index in [-0.39, 0.29) is 5.91 Å². The molecule has 94 valence electrons. The van der Waals surface area contributed by atoms with Gasteiger partial charge in [-0.15, -0.1) is 0 Å². The molecule has 0 aliphatic carbocycles. The quantitative estimate of drug-likeness (QED) is 0.689. The van der Waals surface area contributed by atoms with Crippen LogP contribution in [0.2, 0.25) is 0 Å². The molecule has 0 bridgehead atoms. The van der Waals surface area contributed by atoms with Gasteiger partial charge in [-0.2, -0.15) is 12.6 Å². The van der Waals surface area contributed by atoms with Crippen LogP contribution in [0.3, 0.4) is 0 Å². The average Bonchev–Trinajstić information content (AvgIpc) is 2.28. The van der Waals surface area contributed by atoms with E-state index >= 15 is 0 Å². The molecule has 1 saturated heterocycles. The van der Waals surface area contributed by atoms with Crippen molar-refractivity contribution in [1.29, 1.82) is 0 Å². The SMILES string of the molecule is CC(C)(C)S(=O)(=O)C1CCNC(=O)C(S)C1. The van der Waals surface area contributed by atoms with Crippen LogP contribution in [0, 0.1) is 0 Å². The summed E-state index contributed by atoms with van der Waals surface area (Å²) in [6.45, 7) is 5.48. The normalized spacial score (nSPS) is 28.4. The maximum atomic E-state index is 12.2. The van der Waals surface area contributed by atoms with Crippen molar-refractivity contribution >= 4 is 28.4 Å². The summed E-state index contributed by atoms with van der Waals surface area (Å²) in [6, 6.07) is 0. The van der Waals surface area contributed by atoms with Crippen LogP contribution in [-0.4, -0.2) is 36.1 Å². The molecule has 1 heterocycles. The number of carbonyl (C=O) groups is 1. The lowest BCUT2D eigenvalue weighted by atomic mass is 10.2. The molecule has 0 aromatic heterocycles. The first-order valence-electron chi connectivity index (χ1n) is 5.35. The van der Waals surface area contributed by atoms with Gasteiger partial charge in [0.15, 0.2) is 9.84 Å². The number of hydrogen-bond acceptors (Lipinski definition) is 4. The van der Waals surface area contributed by atoms with Crippen molar-refractivity contribution in [2.24, 2.45) is 0 Å². The third-order valence-corrected chi connectivity index (χ3v) is 6.30. The molecule has 0 saturated carbocycles. The summed E-state index contributed by atoms with van der Waals surface area (Å²) in [4.78, 5) is 11.4. The predicted octanol–water partition coefficient (Wildman–Crippen LogP) is 0.777. The van der Waals surface area contributed by atoms with E-state index in [2.05, 4.69) is 17.9 Å². The molecule has 6 heteroatoms. The molecule has 2 unspecified atom stereocenters. The summed E-state index contributed by atoms with van der Waals surface area (Å²) in [5, 5.41) is 1.67. The van der Waals surface area contributed by atoms with Crippen LogP contribution in [0.1, 0.15) is 33.6 Å². The first-order chi connectivity index (χ1) is 7.16. The minimum absolute atomic E-state index is 0.171. The molecule has 1 rings (SSSR count). The topological polar surface area (TPSA) is 63.2 Å². The average molecular weight is 265 g/mol. The number of hydrogen-bond donors (Lipinski definition) is 2. The minimum Gasteiger partial charge on any atom is -0.355 e. The van der Waals surface area contributed by atoms with Gasteiger partial charge in [-0.1, -0.05) is 0 Å². The predicted molar refractivity (Wildman–Crippen MR) is 67.5 cm³/mol. The first kappa shape index (κ1) is 13.8. The fraction of sp³-hybridized carbons (Fsp3) is 0.900. The molecule has 1 amide bonds. The summed E-state index contributed by atoms with van der Waals surface area (Å²) in [5.41, 5.74) is 0. The molecule has 0 spiro atoms. The molecular formula is C10H19NO3S2. The van der Waals surface area contributed by atoms with E-state index in [4.69, 9.17) is 0 Å². The van der Waals surface area contributed by atoms with E-state index in [0.717, 1.165) is 0 Å². The van der Waals surface area contributed by atoms with Gasteiger partial charge >= 0.3 is 0 Å². The van der Waals surface area contributed by atoms with Crippen molar-refractivity contribution < 1.29 is 13.2 Å². The Hall–Kier alpha value is -0.230. The lowest BCUT2D eigenvalue weighted by molar-refractivity contribution is -0.120. The number of nitrogens with one attached hydrogen (secondary N) is 1. The standard InChI is InChI=1S/C10H19NO3S2/c1-10(2,3)16(13,14)7-4-5-11-9(12)8(15)6-7/h7-8,15H,4-6H2,1-3H3,(H,11,12). The molecule has 1 aliphatic rings. The highest BCUT2D eigenvalue weighted by atomic mass is 32.2. The molecule has 1 aliphatic heterocycles. The van der Waals surface area contributed by atoms with Gasteiger partial charge in [0.25, 0.3) is 0 Å². The highest BCUT2D eigenvalue weighted by Crippen LogP contribution is 2.27. The number of amides is 1. The van der Waals surface area contributed by atoms with Crippen molar-refractivity contribution in [3.05, 3.63) is 0 Å². The van der Waals surface area contributed by atoms with E-state index in [0.29, 0.717) is 19.4 Å². The Morgan fingerprint density at radius 3 is 2.44 bits per heavy atom. The van der Waals surface area contributed by atoms with Gasteiger partial charge in [-0.05, 0) is 33.6 Å². The van der Waals surface area contributed by atoms with Crippen molar-refractivity contribution in [1.82, 2.24) is 5.32 Å². The van der Waals surface area contributed by atoms with Gasteiger partial charge < -0.3 is 5.32 Å². The molecule has 1 fully saturated rings. The summed E-state index contributed by atoms with van der Waals surface area (Å²) >= 11 is 4.14. The number of carbonyl (C=O) groups excluding carboxylic acids is 1. The molecule has 1 N–H and O–H groups in total. The molecule has 4 nitrogen and oxygen atoms in total. The second kappa shape index (κ2) is 4.56. The van der Waals surface area contributed by atoms with Crippen molar-refractivity contribution in [2.75, 3.05) is 6.54 Å². The Labute approximate surface area is 103 Å². The highest BCUT2D eigenvalue weighted by molar-refractivity contribution is 7.93. The molecule has 16 heavy (non-hydrogen) atoms. The van der Waals surface area contributed by atoms with Crippen LogP contribution < -0.4 is 5.32 Å². The molecule has 2 atom stereocenters. The van der Waals surface area contributed by atoms with Gasteiger partial charge in [0.2, 0.25) is 5.91 Å². The maximum Gasteiger partial charge on any atom is 0.232 e. The lowest BCUT2D eigenvalue weighted by Gasteiger charge is -2.26. The van der Waals surface area contributed by atoms with Gasteiger partial charge in [0.05, 0.1) is 15.2 Å². The van der Waals surface area contributed by atoms with Crippen molar-refractivity contribution in [3.63, 3.8) is 0 Å². The Kier molecular flexibility index (Phi) is 3.95. The summed E-state index contributed by atoms with van der Waals surface area (Å²) in [7, 11) is -3.22. The third-order valence-electron chi connectivity index (χ3n) is 2.85. The van der Waals surface area contributed by atoms with E-state index in [1.165, 1.54) is 0 Å². The minimum atomic E-state index is -3.22. The maximum absolute atomic E-state index is 12.2. The summed E-state index contributed by atoms with van der Waals surface area (Å²) in [5.74, 6) is -0.171. The Balaban J connectivity index is 2.94. The zero-order chi connectivity index (χ0) is 12.6. The van der Waals surface area contributed by atoms with E-state index in [9.17, 15) is 13.2 Å². The van der Waals surface area contributed by atoms with Crippen molar-refractivity contribution in [3.8, 4) is 0 Å². The van der Waals surface area contributed by atoms with E-state index in [1.54, 1.807) is 20.8 Å². The van der Waals surface area contributed by atoms with Gasteiger partial charge in [-0.3, -0.25) is 4.79 Å². The zero-order valence-electron chi connectivity index (χ0n) is 9.86. The lowest BCUT2D eigenvalue weighted by Crippen LogP contribution is -2.38. The molecule has 0 radical (unpaired) electrons. The van der Waals surface area contributed by atoms with Crippen LogP contribution in [0.15, 0.2) is 0 Å². The Morgan fingerprint density at radius 2 is 1.94 bits per heavy atom. The third kappa shape index (κ3) is 2.71. The monoisotopic (exact) mass is 265 g/mol. The first-order valence-corrected chi connectivity index (χ1v) is 7.42.